The van der Waals surface area contributed by atoms with Gasteiger partial charge in [0.2, 0.25) is 15.9 Å². The summed E-state index contributed by atoms with van der Waals surface area (Å²) in [5, 5.41) is 3.05. The molecule has 0 spiro atoms. The van der Waals surface area contributed by atoms with Crippen LogP contribution in [0.3, 0.4) is 0 Å². The summed E-state index contributed by atoms with van der Waals surface area (Å²) in [6.07, 6.45) is 6.66. The first-order valence-electron chi connectivity index (χ1n) is 8.45. The third kappa shape index (κ3) is 5.31. The molecule has 8 heteroatoms. The van der Waals surface area contributed by atoms with E-state index in [2.05, 4.69) is 5.32 Å². The third-order valence-corrected chi connectivity index (χ3v) is 6.92. The fraction of sp³-hybridized carbons (Fsp3) is 0.933. The fourth-order valence-corrected chi connectivity index (χ4v) is 4.95. The zero-order chi connectivity index (χ0) is 16.2. The summed E-state index contributed by atoms with van der Waals surface area (Å²) in [5.74, 6) is 0.151. The first kappa shape index (κ1) is 20.7. The van der Waals surface area contributed by atoms with Crippen molar-refractivity contribution in [1.82, 2.24) is 9.62 Å². The molecule has 0 unspecified atom stereocenters. The van der Waals surface area contributed by atoms with E-state index in [-0.39, 0.29) is 30.1 Å². The number of amides is 1. The van der Waals surface area contributed by atoms with E-state index in [0.29, 0.717) is 32.4 Å². The van der Waals surface area contributed by atoms with Crippen LogP contribution < -0.4 is 11.1 Å². The second kappa shape index (κ2) is 8.65. The van der Waals surface area contributed by atoms with Crippen molar-refractivity contribution in [3.63, 3.8) is 0 Å². The number of carbonyl (C=O) groups excluding carboxylic acids is 1. The van der Waals surface area contributed by atoms with Gasteiger partial charge < -0.3 is 11.1 Å². The van der Waals surface area contributed by atoms with Crippen molar-refractivity contribution in [1.29, 1.82) is 0 Å². The molecule has 0 aromatic carbocycles. The zero-order valence-electron chi connectivity index (χ0n) is 13.9. The molecule has 0 radical (unpaired) electrons. The fourth-order valence-electron chi connectivity index (χ4n) is 3.40. The number of nitrogens with one attached hydrogen (secondary N) is 1. The summed E-state index contributed by atoms with van der Waals surface area (Å²) in [6, 6.07) is 0.0444. The van der Waals surface area contributed by atoms with E-state index in [9.17, 15) is 13.2 Å². The first-order valence-corrected chi connectivity index (χ1v) is 10.1. The van der Waals surface area contributed by atoms with Crippen LogP contribution in [0, 0.1) is 0 Å². The van der Waals surface area contributed by atoms with Gasteiger partial charge in [0.15, 0.2) is 0 Å². The Hall–Kier alpha value is -0.370. The van der Waals surface area contributed by atoms with Gasteiger partial charge in [-0.15, -0.1) is 12.4 Å². The highest BCUT2D eigenvalue weighted by atomic mass is 35.5. The Morgan fingerprint density at radius 2 is 1.78 bits per heavy atom. The van der Waals surface area contributed by atoms with Crippen molar-refractivity contribution in [2.75, 3.05) is 18.8 Å². The minimum absolute atomic E-state index is 0. The largest absolute Gasteiger partial charge is 0.352 e. The number of sulfonamides is 1. The molecule has 0 aromatic heterocycles. The molecule has 0 bridgehead atoms. The van der Waals surface area contributed by atoms with Crippen LogP contribution >= 0.6 is 12.4 Å². The van der Waals surface area contributed by atoms with E-state index in [1.807, 2.05) is 6.92 Å². The average molecular weight is 368 g/mol. The van der Waals surface area contributed by atoms with Crippen LogP contribution in [0.5, 0.6) is 0 Å². The standard InChI is InChI=1S/C15H29N3O3S.ClH/c1-2-12-22(20,21)18-10-6-13(7-11-18)17-14(19)15(16)8-4-3-5-9-15;/h13H,2-12,16H2,1H3,(H,17,19);1H. The molecule has 1 aliphatic carbocycles. The van der Waals surface area contributed by atoms with Crippen LogP contribution in [-0.4, -0.2) is 49.1 Å². The Bertz CT molecular complexity index is 484. The number of carbonyl (C=O) groups is 1. The van der Waals surface area contributed by atoms with Gasteiger partial charge in [0.05, 0.1) is 11.3 Å². The van der Waals surface area contributed by atoms with Gasteiger partial charge >= 0.3 is 0 Å². The normalized spacial score (nSPS) is 23.0. The number of hydrogen-bond donors (Lipinski definition) is 2. The summed E-state index contributed by atoms with van der Waals surface area (Å²) in [4.78, 5) is 12.4. The third-order valence-electron chi connectivity index (χ3n) is 4.84. The highest BCUT2D eigenvalue weighted by Crippen LogP contribution is 2.26. The number of rotatable bonds is 5. The highest BCUT2D eigenvalue weighted by Gasteiger charge is 2.37. The summed E-state index contributed by atoms with van der Waals surface area (Å²) < 4.78 is 25.6. The van der Waals surface area contributed by atoms with Crippen LogP contribution in [-0.2, 0) is 14.8 Å². The molecular weight excluding hydrogens is 338 g/mol. The van der Waals surface area contributed by atoms with Gasteiger partial charge in [-0.2, -0.15) is 0 Å². The molecule has 1 saturated heterocycles. The van der Waals surface area contributed by atoms with Crippen LogP contribution in [0.1, 0.15) is 58.3 Å². The summed E-state index contributed by atoms with van der Waals surface area (Å²) in [6.45, 7) is 2.85. The Kier molecular flexibility index (Phi) is 7.77. The van der Waals surface area contributed by atoms with E-state index in [1.54, 1.807) is 4.31 Å². The molecule has 136 valence electrons. The quantitative estimate of drug-likeness (QED) is 0.767. The van der Waals surface area contributed by atoms with Gasteiger partial charge in [0.25, 0.3) is 0 Å². The van der Waals surface area contributed by atoms with Crippen LogP contribution in [0.2, 0.25) is 0 Å². The SMILES string of the molecule is CCCS(=O)(=O)N1CCC(NC(=O)C2(N)CCCCC2)CC1.Cl. The lowest BCUT2D eigenvalue weighted by molar-refractivity contribution is -0.128. The van der Waals surface area contributed by atoms with Gasteiger partial charge in [0, 0.05) is 19.1 Å². The molecule has 1 saturated carbocycles. The van der Waals surface area contributed by atoms with Gasteiger partial charge in [-0.1, -0.05) is 26.2 Å². The second-order valence-corrected chi connectivity index (χ2v) is 8.77. The molecule has 0 aromatic rings. The predicted molar refractivity (Wildman–Crippen MR) is 94.1 cm³/mol. The Morgan fingerprint density at radius 1 is 1.22 bits per heavy atom. The van der Waals surface area contributed by atoms with Gasteiger partial charge in [0.1, 0.15) is 0 Å². The van der Waals surface area contributed by atoms with Crippen LogP contribution in [0.4, 0.5) is 0 Å². The van der Waals surface area contributed by atoms with E-state index in [0.717, 1.165) is 32.1 Å². The minimum Gasteiger partial charge on any atom is -0.352 e. The number of halogens is 1. The maximum absolute atomic E-state index is 12.4. The molecule has 3 N–H and O–H groups in total. The predicted octanol–water partition coefficient (Wildman–Crippen LogP) is 1.39. The summed E-state index contributed by atoms with van der Waals surface area (Å²) in [7, 11) is -3.12. The van der Waals surface area contributed by atoms with Crippen molar-refractivity contribution in [3.8, 4) is 0 Å². The molecule has 1 aliphatic heterocycles. The van der Waals surface area contributed by atoms with Gasteiger partial charge in [-0.3, -0.25) is 4.79 Å². The van der Waals surface area contributed by atoms with Crippen LogP contribution in [0.15, 0.2) is 0 Å². The average Bonchev–Trinajstić information content (AvgIpc) is 2.48. The number of hydrogen-bond acceptors (Lipinski definition) is 4. The molecule has 2 aliphatic rings. The van der Waals surface area contributed by atoms with Crippen molar-refractivity contribution >= 4 is 28.3 Å². The topological polar surface area (TPSA) is 92.5 Å². The molecule has 2 rings (SSSR count). The highest BCUT2D eigenvalue weighted by molar-refractivity contribution is 7.89. The Balaban J connectivity index is 0.00000264. The summed E-state index contributed by atoms with van der Waals surface area (Å²) in [5.41, 5.74) is 5.52. The number of nitrogens with two attached hydrogens (primary N) is 1. The second-order valence-electron chi connectivity index (χ2n) is 6.68. The lowest BCUT2D eigenvalue weighted by Gasteiger charge is -2.36. The smallest absolute Gasteiger partial charge is 0.240 e. The maximum Gasteiger partial charge on any atom is 0.240 e. The first-order chi connectivity index (χ1) is 10.4. The lowest BCUT2D eigenvalue weighted by atomic mass is 9.81. The Labute approximate surface area is 146 Å². The molecule has 2 fully saturated rings. The summed E-state index contributed by atoms with van der Waals surface area (Å²) >= 11 is 0. The lowest BCUT2D eigenvalue weighted by Crippen LogP contribution is -2.58. The van der Waals surface area contributed by atoms with Crippen molar-refractivity contribution in [2.24, 2.45) is 5.73 Å². The van der Waals surface area contributed by atoms with Crippen LogP contribution in [0.25, 0.3) is 0 Å². The molecule has 6 nitrogen and oxygen atoms in total. The van der Waals surface area contributed by atoms with E-state index in [4.69, 9.17) is 5.73 Å². The monoisotopic (exact) mass is 367 g/mol. The molecular formula is C15H30ClN3O3S. The van der Waals surface area contributed by atoms with E-state index >= 15 is 0 Å². The zero-order valence-corrected chi connectivity index (χ0v) is 15.6. The van der Waals surface area contributed by atoms with Gasteiger partial charge in [-0.25, -0.2) is 12.7 Å². The van der Waals surface area contributed by atoms with E-state index in [1.165, 1.54) is 0 Å². The van der Waals surface area contributed by atoms with Crippen molar-refractivity contribution in [2.45, 2.75) is 69.9 Å². The minimum atomic E-state index is -3.12. The number of piperidine rings is 1. The van der Waals surface area contributed by atoms with Gasteiger partial charge in [-0.05, 0) is 32.1 Å². The molecule has 1 heterocycles. The van der Waals surface area contributed by atoms with Crippen molar-refractivity contribution < 1.29 is 13.2 Å². The Morgan fingerprint density at radius 3 is 2.30 bits per heavy atom. The molecule has 23 heavy (non-hydrogen) atoms. The molecule has 0 atom stereocenters. The maximum atomic E-state index is 12.4. The molecule has 1 amide bonds. The van der Waals surface area contributed by atoms with E-state index < -0.39 is 15.6 Å². The van der Waals surface area contributed by atoms with Crippen molar-refractivity contribution in [3.05, 3.63) is 0 Å². The number of nitrogens with zero attached hydrogens (tertiary/aromatic N) is 1.